The summed E-state index contributed by atoms with van der Waals surface area (Å²) in [6.45, 7) is 0.972. The highest BCUT2D eigenvalue weighted by molar-refractivity contribution is 7.99. The summed E-state index contributed by atoms with van der Waals surface area (Å²) in [4.78, 5) is 8.55. The van der Waals surface area contributed by atoms with E-state index in [1.165, 1.54) is 11.3 Å². The minimum Gasteiger partial charge on any atom is -0.384 e. The standard InChI is InChI=1S/C14H15N3S/c1-2-5-13-11(4-1)6-7-12(10-17-13)18-14-15-8-3-9-16-14/h1-5,8-9,12,17H,6-7,10H2. The van der Waals surface area contributed by atoms with Gasteiger partial charge < -0.3 is 5.32 Å². The molecule has 1 aliphatic rings. The van der Waals surface area contributed by atoms with E-state index in [2.05, 4.69) is 39.6 Å². The van der Waals surface area contributed by atoms with Crippen LogP contribution in [0.4, 0.5) is 5.69 Å². The summed E-state index contributed by atoms with van der Waals surface area (Å²) in [6, 6.07) is 10.4. The van der Waals surface area contributed by atoms with Crippen LogP contribution in [-0.4, -0.2) is 21.8 Å². The summed E-state index contributed by atoms with van der Waals surface area (Å²) >= 11 is 1.76. The lowest BCUT2D eigenvalue weighted by molar-refractivity contribution is 0.796. The van der Waals surface area contributed by atoms with Crippen LogP contribution in [0.2, 0.25) is 0 Å². The van der Waals surface area contributed by atoms with Crippen LogP contribution in [0.3, 0.4) is 0 Å². The average molecular weight is 257 g/mol. The van der Waals surface area contributed by atoms with Crippen molar-refractivity contribution in [1.82, 2.24) is 9.97 Å². The van der Waals surface area contributed by atoms with Crippen LogP contribution < -0.4 is 5.32 Å². The van der Waals surface area contributed by atoms with E-state index < -0.39 is 0 Å². The van der Waals surface area contributed by atoms with Crippen molar-refractivity contribution in [2.75, 3.05) is 11.9 Å². The van der Waals surface area contributed by atoms with Gasteiger partial charge >= 0.3 is 0 Å². The average Bonchev–Trinajstić information content (AvgIpc) is 2.63. The zero-order valence-corrected chi connectivity index (χ0v) is 10.9. The quantitative estimate of drug-likeness (QED) is 0.839. The molecule has 0 saturated heterocycles. The Morgan fingerprint density at radius 3 is 2.83 bits per heavy atom. The van der Waals surface area contributed by atoms with Gasteiger partial charge in [0.15, 0.2) is 5.16 Å². The van der Waals surface area contributed by atoms with Gasteiger partial charge in [0.2, 0.25) is 0 Å². The third kappa shape index (κ3) is 2.64. The molecule has 2 aromatic rings. The molecule has 0 aliphatic carbocycles. The van der Waals surface area contributed by atoms with Crippen LogP contribution in [-0.2, 0) is 6.42 Å². The molecule has 3 nitrogen and oxygen atoms in total. The summed E-state index contributed by atoms with van der Waals surface area (Å²) in [6.07, 6.45) is 5.88. The zero-order valence-electron chi connectivity index (χ0n) is 10.0. The third-order valence-corrected chi connectivity index (χ3v) is 4.24. The monoisotopic (exact) mass is 257 g/mol. The third-order valence-electron chi connectivity index (χ3n) is 3.09. The molecule has 1 aromatic carbocycles. The van der Waals surface area contributed by atoms with Crippen molar-refractivity contribution in [3.8, 4) is 0 Å². The summed E-state index contributed by atoms with van der Waals surface area (Å²) in [5, 5.41) is 4.92. The van der Waals surface area contributed by atoms with Crippen molar-refractivity contribution in [1.29, 1.82) is 0 Å². The van der Waals surface area contributed by atoms with E-state index in [4.69, 9.17) is 0 Å². The molecule has 0 radical (unpaired) electrons. The highest BCUT2D eigenvalue weighted by Crippen LogP contribution is 2.28. The molecule has 1 N–H and O–H groups in total. The van der Waals surface area contributed by atoms with Gasteiger partial charge in [0, 0.05) is 29.9 Å². The van der Waals surface area contributed by atoms with Gasteiger partial charge in [0.05, 0.1) is 0 Å². The number of nitrogens with one attached hydrogen (secondary N) is 1. The van der Waals surface area contributed by atoms with E-state index in [9.17, 15) is 0 Å². The Morgan fingerprint density at radius 1 is 1.11 bits per heavy atom. The molecule has 0 spiro atoms. The maximum atomic E-state index is 4.28. The van der Waals surface area contributed by atoms with Crippen molar-refractivity contribution in [2.45, 2.75) is 23.2 Å². The van der Waals surface area contributed by atoms with Crippen LogP contribution in [0.1, 0.15) is 12.0 Å². The Labute approximate surface area is 111 Å². The molecule has 4 heteroatoms. The number of hydrogen-bond donors (Lipinski definition) is 1. The van der Waals surface area contributed by atoms with E-state index in [0.717, 1.165) is 24.5 Å². The Hall–Kier alpha value is -1.55. The summed E-state index contributed by atoms with van der Waals surface area (Å²) in [5.41, 5.74) is 2.68. The van der Waals surface area contributed by atoms with Gasteiger partial charge in [-0.3, -0.25) is 0 Å². The van der Waals surface area contributed by atoms with E-state index in [-0.39, 0.29) is 0 Å². The highest BCUT2D eigenvalue weighted by Gasteiger charge is 2.17. The number of aromatic nitrogens is 2. The zero-order chi connectivity index (χ0) is 12.2. The van der Waals surface area contributed by atoms with Gasteiger partial charge in [-0.2, -0.15) is 0 Å². The maximum absolute atomic E-state index is 4.28. The second kappa shape index (κ2) is 5.40. The van der Waals surface area contributed by atoms with E-state index >= 15 is 0 Å². The summed E-state index contributed by atoms with van der Waals surface area (Å²) in [7, 11) is 0. The van der Waals surface area contributed by atoms with Gasteiger partial charge in [-0.25, -0.2) is 9.97 Å². The first-order valence-electron chi connectivity index (χ1n) is 6.17. The minimum absolute atomic E-state index is 0.528. The van der Waals surface area contributed by atoms with Crippen LogP contribution in [0.15, 0.2) is 47.9 Å². The first kappa shape index (κ1) is 11.5. The van der Waals surface area contributed by atoms with Crippen LogP contribution in [0, 0.1) is 0 Å². The van der Waals surface area contributed by atoms with Gasteiger partial charge in [-0.1, -0.05) is 30.0 Å². The normalized spacial score (nSPS) is 18.6. The van der Waals surface area contributed by atoms with Crippen molar-refractivity contribution in [3.05, 3.63) is 48.3 Å². The van der Waals surface area contributed by atoms with Crippen molar-refractivity contribution in [3.63, 3.8) is 0 Å². The number of para-hydroxylation sites is 1. The van der Waals surface area contributed by atoms with E-state index in [1.54, 1.807) is 24.2 Å². The topological polar surface area (TPSA) is 37.8 Å². The molecular formula is C14H15N3S. The molecule has 0 saturated carbocycles. The maximum Gasteiger partial charge on any atom is 0.187 e. The predicted octanol–water partition coefficient (Wildman–Crippen LogP) is 3.00. The lowest BCUT2D eigenvalue weighted by atomic mass is 10.1. The van der Waals surface area contributed by atoms with E-state index in [0.29, 0.717) is 5.25 Å². The number of benzene rings is 1. The Morgan fingerprint density at radius 2 is 1.94 bits per heavy atom. The number of hydrogen-bond acceptors (Lipinski definition) is 4. The molecule has 1 aromatic heterocycles. The Balaban J connectivity index is 1.68. The summed E-state index contributed by atoms with van der Waals surface area (Å²) in [5.74, 6) is 0. The molecular weight excluding hydrogens is 242 g/mol. The van der Waals surface area contributed by atoms with E-state index in [1.807, 2.05) is 6.07 Å². The molecule has 0 amide bonds. The number of nitrogens with zero attached hydrogens (tertiary/aromatic N) is 2. The number of fused-ring (bicyclic) bond motifs is 1. The summed E-state index contributed by atoms with van der Waals surface area (Å²) < 4.78 is 0. The number of rotatable bonds is 2. The molecule has 0 bridgehead atoms. The Kier molecular flexibility index (Phi) is 3.46. The van der Waals surface area contributed by atoms with Crippen molar-refractivity contribution in [2.24, 2.45) is 0 Å². The van der Waals surface area contributed by atoms with Gasteiger partial charge in [-0.05, 0) is 30.5 Å². The van der Waals surface area contributed by atoms with Crippen molar-refractivity contribution < 1.29 is 0 Å². The van der Waals surface area contributed by atoms with Gasteiger partial charge in [0.25, 0.3) is 0 Å². The SMILES string of the molecule is c1cnc(SC2CCc3ccccc3NC2)nc1. The number of anilines is 1. The van der Waals surface area contributed by atoms with Crippen molar-refractivity contribution >= 4 is 17.4 Å². The van der Waals surface area contributed by atoms with Crippen LogP contribution >= 0.6 is 11.8 Å². The highest BCUT2D eigenvalue weighted by atomic mass is 32.2. The smallest absolute Gasteiger partial charge is 0.187 e. The lowest BCUT2D eigenvalue weighted by Gasteiger charge is -2.12. The molecule has 2 heterocycles. The molecule has 18 heavy (non-hydrogen) atoms. The molecule has 1 unspecified atom stereocenters. The Bertz CT molecular complexity index is 488. The molecule has 1 aliphatic heterocycles. The minimum atomic E-state index is 0.528. The molecule has 3 rings (SSSR count). The van der Waals surface area contributed by atoms with Crippen LogP contribution in [0.25, 0.3) is 0 Å². The van der Waals surface area contributed by atoms with Gasteiger partial charge in [0.1, 0.15) is 0 Å². The predicted molar refractivity (Wildman–Crippen MR) is 74.9 cm³/mol. The van der Waals surface area contributed by atoms with Gasteiger partial charge in [-0.15, -0.1) is 0 Å². The fourth-order valence-corrected chi connectivity index (χ4v) is 3.09. The fraction of sp³-hybridized carbons (Fsp3) is 0.286. The largest absolute Gasteiger partial charge is 0.384 e. The van der Waals surface area contributed by atoms with Crippen LogP contribution in [0.5, 0.6) is 0 Å². The second-order valence-corrected chi connectivity index (χ2v) is 5.62. The first-order valence-corrected chi connectivity index (χ1v) is 7.05. The first-order chi connectivity index (χ1) is 8.92. The molecule has 0 fully saturated rings. The number of thioether (sulfide) groups is 1. The lowest BCUT2D eigenvalue weighted by Crippen LogP contribution is -2.15. The molecule has 1 atom stereocenters. The molecule has 92 valence electrons. The second-order valence-electron chi connectivity index (χ2n) is 4.35. The number of aryl methyl sites for hydroxylation is 1. The fourth-order valence-electron chi connectivity index (χ4n) is 2.15.